The molecule has 2 aromatic heterocycles. The first-order valence-electron chi connectivity index (χ1n) is 7.05. The third-order valence-electron chi connectivity index (χ3n) is 3.58. The minimum atomic E-state index is -0.420. The van der Waals surface area contributed by atoms with Crippen LogP contribution in [0.4, 0.5) is 4.39 Å². The fraction of sp³-hybridized carbons (Fsp3) is 0.250. The van der Waals surface area contributed by atoms with Crippen molar-refractivity contribution in [3.05, 3.63) is 55.9 Å². The van der Waals surface area contributed by atoms with Gasteiger partial charge in [0.1, 0.15) is 10.6 Å². The van der Waals surface area contributed by atoms with Gasteiger partial charge >= 0.3 is 0 Å². The molecule has 0 spiro atoms. The summed E-state index contributed by atoms with van der Waals surface area (Å²) in [6, 6.07) is 6.39. The van der Waals surface area contributed by atoms with Gasteiger partial charge in [-0.3, -0.25) is 9.36 Å². The van der Waals surface area contributed by atoms with Gasteiger partial charge in [0.25, 0.3) is 5.56 Å². The van der Waals surface area contributed by atoms with Gasteiger partial charge in [0, 0.05) is 15.5 Å². The molecule has 0 unspecified atom stereocenters. The van der Waals surface area contributed by atoms with Crippen LogP contribution in [0.25, 0.3) is 10.2 Å². The number of hydrogen-bond donors (Lipinski definition) is 0. The first-order chi connectivity index (χ1) is 11.0. The first-order valence-corrected chi connectivity index (χ1v) is 9.47. The molecule has 0 saturated carbocycles. The lowest BCUT2D eigenvalue weighted by Crippen LogP contribution is -2.23. The molecular formula is C16H14ClFN2OS2. The summed E-state index contributed by atoms with van der Waals surface area (Å²) >= 11 is 8.98. The molecule has 0 fully saturated rings. The van der Waals surface area contributed by atoms with E-state index in [9.17, 15) is 9.18 Å². The summed E-state index contributed by atoms with van der Waals surface area (Å²) in [6.07, 6.45) is 2.70. The number of thioether (sulfide) groups is 1. The maximum Gasteiger partial charge on any atom is 0.263 e. The van der Waals surface area contributed by atoms with E-state index in [1.165, 1.54) is 33.7 Å². The van der Waals surface area contributed by atoms with Crippen molar-refractivity contribution in [3.8, 4) is 0 Å². The van der Waals surface area contributed by atoms with Crippen LogP contribution < -0.4 is 5.56 Å². The highest BCUT2D eigenvalue weighted by Crippen LogP contribution is 2.26. The minimum absolute atomic E-state index is 0.0702. The fourth-order valence-electron chi connectivity index (χ4n) is 2.36. The predicted octanol–water partition coefficient (Wildman–Crippen LogP) is 4.58. The molecule has 0 atom stereocenters. The molecule has 0 aliphatic carbocycles. The van der Waals surface area contributed by atoms with Crippen LogP contribution in [-0.4, -0.2) is 15.8 Å². The van der Waals surface area contributed by atoms with E-state index >= 15 is 0 Å². The SMILES string of the molecule is CCc1cc2c(=O)n(Cc3c(F)cccc3Cl)c(SC)nc2s1. The minimum Gasteiger partial charge on any atom is -0.282 e. The zero-order chi connectivity index (χ0) is 16.6. The lowest BCUT2D eigenvalue weighted by molar-refractivity contribution is 0.580. The molecule has 3 rings (SSSR count). The zero-order valence-electron chi connectivity index (χ0n) is 12.6. The average Bonchev–Trinajstić information content (AvgIpc) is 2.96. The second-order valence-corrected chi connectivity index (χ2v) is 7.27. The molecular weight excluding hydrogens is 355 g/mol. The van der Waals surface area contributed by atoms with Gasteiger partial charge in [0.2, 0.25) is 0 Å². The topological polar surface area (TPSA) is 34.9 Å². The van der Waals surface area contributed by atoms with Crippen molar-refractivity contribution in [2.24, 2.45) is 0 Å². The monoisotopic (exact) mass is 368 g/mol. The summed E-state index contributed by atoms with van der Waals surface area (Å²) < 4.78 is 15.5. The average molecular weight is 369 g/mol. The highest BCUT2D eigenvalue weighted by molar-refractivity contribution is 7.98. The summed E-state index contributed by atoms with van der Waals surface area (Å²) in [4.78, 5) is 19.2. The Morgan fingerprint density at radius 1 is 1.43 bits per heavy atom. The van der Waals surface area contributed by atoms with Crippen molar-refractivity contribution in [1.29, 1.82) is 0 Å². The highest BCUT2D eigenvalue weighted by atomic mass is 35.5. The largest absolute Gasteiger partial charge is 0.282 e. The van der Waals surface area contributed by atoms with Gasteiger partial charge in [-0.15, -0.1) is 11.3 Å². The standard InChI is InChI=1S/C16H14ClFN2OS2/c1-3-9-7-10-14(23-9)19-16(22-2)20(15(10)21)8-11-12(17)5-4-6-13(11)18/h4-7H,3,8H2,1-2H3. The van der Waals surface area contributed by atoms with Crippen molar-refractivity contribution in [2.45, 2.75) is 25.0 Å². The molecule has 0 radical (unpaired) electrons. The molecule has 0 amide bonds. The van der Waals surface area contributed by atoms with Gasteiger partial charge < -0.3 is 0 Å². The van der Waals surface area contributed by atoms with Gasteiger partial charge in [-0.1, -0.05) is 36.4 Å². The molecule has 0 saturated heterocycles. The number of aryl methyl sites for hydroxylation is 1. The summed E-state index contributed by atoms with van der Waals surface area (Å²) in [5.41, 5.74) is 0.147. The molecule has 0 aliphatic heterocycles. The van der Waals surface area contributed by atoms with Crippen LogP contribution in [0.3, 0.4) is 0 Å². The van der Waals surface area contributed by atoms with Crippen molar-refractivity contribution >= 4 is 44.9 Å². The zero-order valence-corrected chi connectivity index (χ0v) is 15.0. The van der Waals surface area contributed by atoms with E-state index < -0.39 is 5.82 Å². The van der Waals surface area contributed by atoms with Crippen LogP contribution in [0.2, 0.25) is 5.02 Å². The van der Waals surface area contributed by atoms with E-state index in [0.29, 0.717) is 21.1 Å². The molecule has 0 bridgehead atoms. The lowest BCUT2D eigenvalue weighted by atomic mass is 10.2. The molecule has 0 aliphatic rings. The van der Waals surface area contributed by atoms with Gasteiger partial charge in [-0.25, -0.2) is 9.37 Å². The van der Waals surface area contributed by atoms with E-state index in [1.54, 1.807) is 12.1 Å². The maximum absolute atomic E-state index is 14.1. The second kappa shape index (κ2) is 6.63. The van der Waals surface area contributed by atoms with E-state index in [4.69, 9.17) is 11.6 Å². The Kier molecular flexibility index (Phi) is 4.75. The van der Waals surface area contributed by atoms with Crippen LogP contribution in [0.5, 0.6) is 0 Å². The second-order valence-electron chi connectivity index (χ2n) is 4.98. The van der Waals surface area contributed by atoms with E-state index in [1.807, 2.05) is 19.2 Å². The van der Waals surface area contributed by atoms with E-state index in [-0.39, 0.29) is 12.1 Å². The van der Waals surface area contributed by atoms with Crippen molar-refractivity contribution in [3.63, 3.8) is 0 Å². The number of benzene rings is 1. The number of halogens is 2. The molecule has 7 heteroatoms. The first kappa shape index (κ1) is 16.5. The van der Waals surface area contributed by atoms with Crippen LogP contribution in [0, 0.1) is 5.82 Å². The number of hydrogen-bond acceptors (Lipinski definition) is 4. The Morgan fingerprint density at radius 3 is 2.87 bits per heavy atom. The number of aromatic nitrogens is 2. The van der Waals surface area contributed by atoms with Gasteiger partial charge in [-0.2, -0.15) is 0 Å². The van der Waals surface area contributed by atoms with Crippen LogP contribution in [0.1, 0.15) is 17.4 Å². The summed E-state index contributed by atoms with van der Waals surface area (Å²) in [5.74, 6) is -0.420. The molecule has 3 aromatic rings. The number of rotatable bonds is 4. The number of fused-ring (bicyclic) bond motifs is 1. The Balaban J connectivity index is 2.20. The Labute approximate surface area is 146 Å². The summed E-state index contributed by atoms with van der Waals surface area (Å²) in [6.45, 7) is 2.11. The van der Waals surface area contributed by atoms with Gasteiger partial charge in [0.05, 0.1) is 11.9 Å². The van der Waals surface area contributed by atoms with Crippen molar-refractivity contribution < 1.29 is 4.39 Å². The Bertz CT molecular complexity index is 915. The van der Waals surface area contributed by atoms with Gasteiger partial charge in [-0.05, 0) is 30.9 Å². The van der Waals surface area contributed by atoms with E-state index in [2.05, 4.69) is 4.98 Å². The van der Waals surface area contributed by atoms with Crippen molar-refractivity contribution in [2.75, 3.05) is 6.26 Å². The molecule has 2 heterocycles. The third-order valence-corrected chi connectivity index (χ3v) is 5.78. The third kappa shape index (κ3) is 3.03. The summed E-state index contributed by atoms with van der Waals surface area (Å²) in [5, 5.41) is 1.45. The lowest BCUT2D eigenvalue weighted by Gasteiger charge is -2.12. The summed E-state index contributed by atoms with van der Waals surface area (Å²) in [7, 11) is 0. The molecule has 3 nitrogen and oxygen atoms in total. The number of nitrogens with zero attached hydrogens (tertiary/aromatic N) is 2. The van der Waals surface area contributed by atoms with Crippen molar-refractivity contribution in [1.82, 2.24) is 9.55 Å². The molecule has 23 heavy (non-hydrogen) atoms. The van der Waals surface area contributed by atoms with Crippen LogP contribution in [0.15, 0.2) is 34.2 Å². The normalized spacial score (nSPS) is 11.3. The van der Waals surface area contributed by atoms with Gasteiger partial charge in [0.15, 0.2) is 5.16 Å². The molecule has 120 valence electrons. The van der Waals surface area contributed by atoms with Crippen LogP contribution in [-0.2, 0) is 13.0 Å². The van der Waals surface area contributed by atoms with Crippen LogP contribution >= 0.6 is 34.7 Å². The Morgan fingerprint density at radius 2 is 2.22 bits per heavy atom. The molecule has 1 aromatic carbocycles. The molecule has 0 N–H and O–H groups in total. The quantitative estimate of drug-likeness (QED) is 0.499. The number of thiophene rings is 1. The fourth-order valence-corrected chi connectivity index (χ4v) is 4.15. The predicted molar refractivity (Wildman–Crippen MR) is 95.6 cm³/mol. The maximum atomic E-state index is 14.1. The highest BCUT2D eigenvalue weighted by Gasteiger charge is 2.16. The van der Waals surface area contributed by atoms with E-state index in [0.717, 1.165) is 16.1 Å². The Hall–Kier alpha value is -1.37. The smallest absolute Gasteiger partial charge is 0.263 e.